The van der Waals surface area contributed by atoms with Crippen LogP contribution in [0.1, 0.15) is 29.5 Å². The number of amides is 1. The van der Waals surface area contributed by atoms with Crippen LogP contribution in [0.3, 0.4) is 0 Å². The fourth-order valence-electron chi connectivity index (χ4n) is 2.90. The van der Waals surface area contributed by atoms with Gasteiger partial charge in [0.25, 0.3) is 0 Å². The Morgan fingerprint density at radius 3 is 2.81 bits per heavy atom. The number of nitrogens with two attached hydrogens (primary N) is 1. The molecule has 1 aromatic heterocycles. The van der Waals surface area contributed by atoms with E-state index in [1.165, 1.54) is 5.56 Å². The van der Waals surface area contributed by atoms with Gasteiger partial charge in [-0.1, -0.05) is 30.3 Å². The highest BCUT2D eigenvalue weighted by Crippen LogP contribution is 2.28. The van der Waals surface area contributed by atoms with Gasteiger partial charge in [-0.15, -0.1) is 0 Å². The Labute approximate surface area is 124 Å². The van der Waals surface area contributed by atoms with Gasteiger partial charge in [-0.2, -0.15) is 5.10 Å². The number of rotatable bonds is 3. The smallest absolute Gasteiger partial charge is 0.244 e. The van der Waals surface area contributed by atoms with Crippen LogP contribution >= 0.6 is 0 Å². The summed E-state index contributed by atoms with van der Waals surface area (Å²) in [6.07, 6.45) is 4.45. The molecule has 110 valence electrons. The lowest BCUT2D eigenvalue weighted by Crippen LogP contribution is -2.36. The zero-order valence-corrected chi connectivity index (χ0v) is 12.1. The molecule has 2 unspecified atom stereocenters. The van der Waals surface area contributed by atoms with E-state index < -0.39 is 6.04 Å². The maximum atomic E-state index is 12.5. The topological polar surface area (TPSA) is 64.2 Å². The van der Waals surface area contributed by atoms with Crippen molar-refractivity contribution in [2.45, 2.75) is 18.4 Å². The van der Waals surface area contributed by atoms with E-state index in [-0.39, 0.29) is 5.91 Å². The molecule has 1 aromatic carbocycles. The summed E-state index contributed by atoms with van der Waals surface area (Å²) in [6.45, 7) is 1.52. The first kappa shape index (κ1) is 13.8. The number of aromatic nitrogens is 2. The van der Waals surface area contributed by atoms with E-state index in [0.717, 1.165) is 25.1 Å². The Morgan fingerprint density at radius 1 is 1.38 bits per heavy atom. The van der Waals surface area contributed by atoms with Crippen LogP contribution in [0.5, 0.6) is 0 Å². The summed E-state index contributed by atoms with van der Waals surface area (Å²) in [5.74, 6) is 0.401. The zero-order chi connectivity index (χ0) is 14.8. The van der Waals surface area contributed by atoms with Crippen molar-refractivity contribution < 1.29 is 4.79 Å². The van der Waals surface area contributed by atoms with Crippen molar-refractivity contribution in [3.05, 3.63) is 53.9 Å². The Balaban J connectivity index is 1.67. The molecule has 2 heterocycles. The highest BCUT2D eigenvalue weighted by molar-refractivity contribution is 5.83. The number of likely N-dealkylation sites (tertiary alicyclic amines) is 1. The second kappa shape index (κ2) is 5.69. The average Bonchev–Trinajstić information content (AvgIpc) is 3.16. The van der Waals surface area contributed by atoms with Gasteiger partial charge in [-0.25, -0.2) is 0 Å². The van der Waals surface area contributed by atoms with Crippen LogP contribution in [0.25, 0.3) is 0 Å². The van der Waals surface area contributed by atoms with Crippen molar-refractivity contribution >= 4 is 5.91 Å². The van der Waals surface area contributed by atoms with E-state index in [9.17, 15) is 4.79 Å². The molecule has 5 nitrogen and oxygen atoms in total. The van der Waals surface area contributed by atoms with Crippen LogP contribution in [0, 0.1) is 0 Å². The summed E-state index contributed by atoms with van der Waals surface area (Å²) in [4.78, 5) is 14.4. The predicted molar refractivity (Wildman–Crippen MR) is 80.5 cm³/mol. The van der Waals surface area contributed by atoms with Crippen LogP contribution in [0.15, 0.2) is 42.7 Å². The van der Waals surface area contributed by atoms with Gasteiger partial charge in [-0.05, 0) is 12.0 Å². The van der Waals surface area contributed by atoms with E-state index in [2.05, 4.69) is 17.2 Å². The number of carbonyl (C=O) groups excluding carboxylic acids is 1. The first-order valence-electron chi connectivity index (χ1n) is 7.23. The number of benzene rings is 1. The van der Waals surface area contributed by atoms with Crippen LogP contribution in [-0.2, 0) is 11.8 Å². The SMILES string of the molecule is Cn1cc(C(N)C(=O)N2CCC(c3ccccc3)C2)cn1. The van der Waals surface area contributed by atoms with Gasteiger partial charge in [0.2, 0.25) is 5.91 Å². The zero-order valence-electron chi connectivity index (χ0n) is 12.1. The van der Waals surface area contributed by atoms with Gasteiger partial charge in [0.1, 0.15) is 6.04 Å². The molecule has 0 bridgehead atoms. The molecule has 0 saturated carbocycles. The molecule has 1 fully saturated rings. The number of hydrogen-bond donors (Lipinski definition) is 1. The minimum absolute atomic E-state index is 0.0126. The van der Waals surface area contributed by atoms with Crippen molar-refractivity contribution in [3.8, 4) is 0 Å². The lowest BCUT2D eigenvalue weighted by atomic mass is 9.99. The molecule has 1 saturated heterocycles. The third-order valence-electron chi connectivity index (χ3n) is 4.12. The Kier molecular flexibility index (Phi) is 3.75. The van der Waals surface area contributed by atoms with Crippen molar-refractivity contribution in [2.24, 2.45) is 12.8 Å². The molecular weight excluding hydrogens is 264 g/mol. The quantitative estimate of drug-likeness (QED) is 0.927. The molecule has 0 spiro atoms. The fraction of sp³-hybridized carbons (Fsp3) is 0.375. The van der Waals surface area contributed by atoms with Crippen molar-refractivity contribution in [1.29, 1.82) is 0 Å². The molecule has 21 heavy (non-hydrogen) atoms. The van der Waals surface area contributed by atoms with Crippen molar-refractivity contribution in [1.82, 2.24) is 14.7 Å². The largest absolute Gasteiger partial charge is 0.340 e. The minimum atomic E-state index is -0.617. The van der Waals surface area contributed by atoms with Crippen LogP contribution in [0.4, 0.5) is 0 Å². The monoisotopic (exact) mass is 284 g/mol. The van der Waals surface area contributed by atoms with Gasteiger partial charge in [0.15, 0.2) is 0 Å². The third kappa shape index (κ3) is 2.83. The summed E-state index contributed by atoms with van der Waals surface area (Å²) in [5.41, 5.74) is 8.13. The summed E-state index contributed by atoms with van der Waals surface area (Å²) < 4.78 is 1.67. The average molecular weight is 284 g/mol. The number of nitrogens with zero attached hydrogens (tertiary/aromatic N) is 3. The molecule has 0 aliphatic carbocycles. The third-order valence-corrected chi connectivity index (χ3v) is 4.12. The molecule has 2 atom stereocenters. The second-order valence-electron chi connectivity index (χ2n) is 5.61. The summed E-state index contributed by atoms with van der Waals surface area (Å²) >= 11 is 0. The van der Waals surface area contributed by atoms with Gasteiger partial charge < -0.3 is 10.6 Å². The number of aryl methyl sites for hydroxylation is 1. The summed E-state index contributed by atoms with van der Waals surface area (Å²) in [6, 6.07) is 9.73. The lowest BCUT2D eigenvalue weighted by Gasteiger charge is -2.20. The first-order valence-corrected chi connectivity index (χ1v) is 7.23. The normalized spacial score (nSPS) is 19.7. The standard InChI is InChI=1S/C16H20N4O/c1-19-10-14(9-18-19)15(17)16(21)20-8-7-13(11-20)12-5-3-2-4-6-12/h2-6,9-10,13,15H,7-8,11,17H2,1H3. The Morgan fingerprint density at radius 2 is 2.14 bits per heavy atom. The summed E-state index contributed by atoms with van der Waals surface area (Å²) in [5, 5.41) is 4.08. The maximum absolute atomic E-state index is 12.5. The predicted octanol–water partition coefficient (Wildman–Crippen LogP) is 1.44. The molecule has 3 rings (SSSR count). The van der Waals surface area contributed by atoms with Crippen molar-refractivity contribution in [3.63, 3.8) is 0 Å². The maximum Gasteiger partial charge on any atom is 0.244 e. The molecule has 5 heteroatoms. The van der Waals surface area contributed by atoms with E-state index in [1.807, 2.05) is 30.1 Å². The molecular formula is C16H20N4O. The van der Waals surface area contributed by atoms with Crippen LogP contribution in [-0.4, -0.2) is 33.7 Å². The number of carbonyl (C=O) groups is 1. The van der Waals surface area contributed by atoms with E-state index in [1.54, 1.807) is 17.1 Å². The summed E-state index contributed by atoms with van der Waals surface area (Å²) in [7, 11) is 1.82. The van der Waals surface area contributed by atoms with E-state index in [0.29, 0.717) is 5.92 Å². The van der Waals surface area contributed by atoms with Crippen molar-refractivity contribution in [2.75, 3.05) is 13.1 Å². The number of hydrogen-bond acceptors (Lipinski definition) is 3. The molecule has 1 aliphatic heterocycles. The highest BCUT2D eigenvalue weighted by Gasteiger charge is 2.30. The van der Waals surface area contributed by atoms with Gasteiger partial charge in [0.05, 0.1) is 6.20 Å². The van der Waals surface area contributed by atoms with E-state index >= 15 is 0 Å². The van der Waals surface area contributed by atoms with Gasteiger partial charge in [0, 0.05) is 37.8 Å². The van der Waals surface area contributed by atoms with Crippen LogP contribution in [0.2, 0.25) is 0 Å². The van der Waals surface area contributed by atoms with Gasteiger partial charge in [-0.3, -0.25) is 9.48 Å². The highest BCUT2D eigenvalue weighted by atomic mass is 16.2. The van der Waals surface area contributed by atoms with E-state index in [4.69, 9.17) is 5.73 Å². The molecule has 0 radical (unpaired) electrons. The lowest BCUT2D eigenvalue weighted by molar-refractivity contribution is -0.131. The minimum Gasteiger partial charge on any atom is -0.340 e. The Bertz CT molecular complexity index is 622. The Hall–Kier alpha value is -2.14. The molecule has 2 N–H and O–H groups in total. The fourth-order valence-corrected chi connectivity index (χ4v) is 2.90. The van der Waals surface area contributed by atoms with Crippen LogP contribution < -0.4 is 5.73 Å². The van der Waals surface area contributed by atoms with Gasteiger partial charge >= 0.3 is 0 Å². The first-order chi connectivity index (χ1) is 10.1. The second-order valence-corrected chi connectivity index (χ2v) is 5.61. The molecule has 1 aliphatic rings. The molecule has 1 amide bonds. The molecule has 2 aromatic rings.